The number of thioether (sulfide) groups is 2. The van der Waals surface area contributed by atoms with Crippen molar-refractivity contribution in [3.63, 3.8) is 0 Å². The van der Waals surface area contributed by atoms with Crippen LogP contribution in [0.2, 0.25) is 0 Å². The molecule has 0 amide bonds. The third kappa shape index (κ3) is 7.97. The van der Waals surface area contributed by atoms with Gasteiger partial charge in [0, 0.05) is 50.1 Å². The van der Waals surface area contributed by atoms with Crippen molar-refractivity contribution in [2.75, 3.05) is 37.7 Å². The minimum atomic E-state index is -1.01. The molecule has 1 N–H and O–H groups in total. The molecule has 0 unspecified atom stereocenters. The Morgan fingerprint density at radius 3 is 2.06 bits per heavy atom. The van der Waals surface area contributed by atoms with E-state index in [-0.39, 0.29) is 53.5 Å². The molecule has 2 saturated heterocycles. The van der Waals surface area contributed by atoms with Crippen molar-refractivity contribution in [3.05, 3.63) is 46.0 Å². The number of hydrogen-bond donors (Lipinski definition) is 1. The number of carboxylic acid groups (broad SMARTS) is 1. The Morgan fingerprint density at radius 1 is 1.00 bits per heavy atom. The number of halogens is 2. The van der Waals surface area contributed by atoms with Gasteiger partial charge in [0.25, 0.3) is 0 Å². The number of hydrogen-bond acceptors (Lipinski definition) is 7. The van der Waals surface area contributed by atoms with Crippen molar-refractivity contribution in [2.45, 2.75) is 13.8 Å². The molecule has 170 valence electrons. The Bertz CT molecular complexity index is 875. The second-order valence-corrected chi connectivity index (χ2v) is 8.66. The molecular weight excluding hydrogens is 658 g/mol. The molecule has 0 atom stereocenters. The molecule has 0 aliphatic carbocycles. The molecule has 2 heterocycles. The molecule has 10 heteroatoms. The number of benzene rings is 1. The summed E-state index contributed by atoms with van der Waals surface area (Å²) in [6.45, 7) is 8.30. The average Bonchev–Trinajstić information content (AvgIpc) is 3.37. The summed E-state index contributed by atoms with van der Waals surface area (Å²) in [6.07, 6.45) is 7.35. The van der Waals surface area contributed by atoms with Crippen LogP contribution >= 0.6 is 71.5 Å². The highest BCUT2D eigenvalue weighted by molar-refractivity contribution is 14.0. The molecular formula is C21H28I2N4O2S2. The Hall–Kier alpha value is -0.730. The molecule has 2 aliphatic heterocycles. The number of aliphatic imine (C=N–C) groups is 2. The fourth-order valence-electron chi connectivity index (χ4n) is 3.12. The maximum atomic E-state index is 11.7. The van der Waals surface area contributed by atoms with Gasteiger partial charge in [-0.25, -0.2) is 4.79 Å². The second kappa shape index (κ2) is 14.4. The first-order valence-electron chi connectivity index (χ1n) is 9.74. The lowest BCUT2D eigenvalue weighted by atomic mass is 10.1. The molecule has 3 rings (SSSR count). The van der Waals surface area contributed by atoms with E-state index < -0.39 is 5.97 Å². The summed E-state index contributed by atoms with van der Waals surface area (Å²) in [7, 11) is 0. The van der Waals surface area contributed by atoms with E-state index >= 15 is 0 Å². The zero-order valence-electron chi connectivity index (χ0n) is 17.6. The zero-order valence-corrected chi connectivity index (χ0v) is 23.9. The fraction of sp³-hybridized carbons (Fsp3) is 0.381. The number of nitrogens with zero attached hydrogens (tertiary/aromatic N) is 4. The van der Waals surface area contributed by atoms with Crippen LogP contribution < -0.4 is 0 Å². The van der Waals surface area contributed by atoms with Gasteiger partial charge in [-0.2, -0.15) is 0 Å². The van der Waals surface area contributed by atoms with Crippen molar-refractivity contribution >= 4 is 101 Å². The monoisotopic (exact) mass is 686 g/mol. The van der Waals surface area contributed by atoms with E-state index in [2.05, 4.69) is 33.6 Å². The van der Waals surface area contributed by atoms with Crippen LogP contribution in [-0.2, 0) is 0 Å². The smallest absolute Gasteiger partial charge is 0.337 e. The normalized spacial score (nSPS) is 18.9. The first-order valence-corrected chi connectivity index (χ1v) is 11.7. The van der Waals surface area contributed by atoms with E-state index in [4.69, 9.17) is 0 Å². The summed E-state index contributed by atoms with van der Waals surface area (Å²) in [5.74, 6) is 1.16. The van der Waals surface area contributed by atoms with Crippen molar-refractivity contribution in [1.82, 2.24) is 9.80 Å². The Morgan fingerprint density at radius 2 is 1.55 bits per heavy atom. The Labute approximate surface area is 226 Å². The largest absolute Gasteiger partial charge is 0.478 e. The fourth-order valence-corrected chi connectivity index (χ4v) is 5.28. The SMILES string of the molecule is CCN1CCSC1=CC=Nc1ccc(N=CC=C2SCCN2CC)c(C(=O)O)c1.I.I. The number of rotatable bonds is 7. The molecule has 2 aliphatic rings. The summed E-state index contributed by atoms with van der Waals surface area (Å²) >= 11 is 3.61. The summed E-state index contributed by atoms with van der Waals surface area (Å²) in [5.41, 5.74) is 1.19. The topological polar surface area (TPSA) is 68.5 Å². The number of aromatic carboxylic acids is 1. The van der Waals surface area contributed by atoms with E-state index in [0.29, 0.717) is 11.4 Å². The highest BCUT2D eigenvalue weighted by Crippen LogP contribution is 2.29. The van der Waals surface area contributed by atoms with Crippen LogP contribution in [0.4, 0.5) is 11.4 Å². The zero-order chi connectivity index (χ0) is 20.6. The predicted octanol–water partition coefficient (Wildman–Crippen LogP) is 5.85. The predicted molar refractivity (Wildman–Crippen MR) is 156 cm³/mol. The molecule has 0 spiro atoms. The van der Waals surface area contributed by atoms with Crippen molar-refractivity contribution < 1.29 is 9.90 Å². The molecule has 0 aromatic heterocycles. The lowest BCUT2D eigenvalue weighted by Crippen LogP contribution is -2.17. The maximum absolute atomic E-state index is 11.7. The van der Waals surface area contributed by atoms with Gasteiger partial charge in [-0.15, -0.1) is 71.5 Å². The summed E-state index contributed by atoms with van der Waals surface area (Å²) in [4.78, 5) is 25.0. The molecule has 2 fully saturated rings. The summed E-state index contributed by atoms with van der Waals surface area (Å²) in [5, 5.41) is 11.9. The standard InChI is InChI=1S/C21H26N4O2S2.2HI/c1-3-24-11-13-28-19(24)7-9-22-16-5-6-18(17(15-16)21(26)27)23-10-8-20-25(4-2)12-14-29-20;;/h5-10,15H,3-4,11-14H2,1-2H3,(H,26,27);2*1H. The van der Waals surface area contributed by atoms with Gasteiger partial charge >= 0.3 is 5.97 Å². The quantitative estimate of drug-likeness (QED) is 0.287. The number of allylic oxidation sites excluding steroid dienone is 2. The third-order valence-corrected chi connectivity index (χ3v) is 6.84. The van der Waals surface area contributed by atoms with E-state index in [1.165, 1.54) is 10.1 Å². The van der Waals surface area contributed by atoms with E-state index in [0.717, 1.165) is 37.7 Å². The molecule has 0 radical (unpaired) electrons. The summed E-state index contributed by atoms with van der Waals surface area (Å²) < 4.78 is 0. The lowest BCUT2D eigenvalue weighted by molar-refractivity contribution is 0.0698. The molecule has 0 bridgehead atoms. The van der Waals surface area contributed by atoms with Crippen LogP contribution in [0, 0.1) is 0 Å². The first-order chi connectivity index (χ1) is 14.1. The maximum Gasteiger partial charge on any atom is 0.337 e. The van der Waals surface area contributed by atoms with Gasteiger partial charge in [-0.3, -0.25) is 9.98 Å². The van der Waals surface area contributed by atoms with Crippen LogP contribution in [0.5, 0.6) is 0 Å². The van der Waals surface area contributed by atoms with Gasteiger partial charge < -0.3 is 14.9 Å². The molecule has 31 heavy (non-hydrogen) atoms. The molecule has 6 nitrogen and oxygen atoms in total. The van der Waals surface area contributed by atoms with Crippen LogP contribution in [0.1, 0.15) is 24.2 Å². The number of carboxylic acids is 1. The number of carbonyl (C=O) groups is 1. The third-order valence-electron chi connectivity index (χ3n) is 4.69. The summed E-state index contributed by atoms with van der Waals surface area (Å²) in [6, 6.07) is 5.07. The van der Waals surface area contributed by atoms with E-state index in [1.807, 2.05) is 23.9 Å². The van der Waals surface area contributed by atoms with Crippen molar-refractivity contribution in [3.8, 4) is 0 Å². The van der Waals surface area contributed by atoms with Crippen LogP contribution in [0.25, 0.3) is 0 Å². The van der Waals surface area contributed by atoms with Gasteiger partial charge in [-0.05, 0) is 44.2 Å². The highest BCUT2D eigenvalue weighted by atomic mass is 127. The van der Waals surface area contributed by atoms with Crippen molar-refractivity contribution in [1.29, 1.82) is 0 Å². The van der Waals surface area contributed by atoms with Gasteiger partial charge in [0.1, 0.15) is 0 Å². The van der Waals surface area contributed by atoms with Crippen LogP contribution in [0.3, 0.4) is 0 Å². The van der Waals surface area contributed by atoms with E-state index in [1.54, 1.807) is 42.4 Å². The average molecular weight is 686 g/mol. The van der Waals surface area contributed by atoms with Gasteiger partial charge in [-0.1, -0.05) is 0 Å². The molecule has 1 aromatic carbocycles. The van der Waals surface area contributed by atoms with E-state index in [9.17, 15) is 9.90 Å². The van der Waals surface area contributed by atoms with Crippen LogP contribution in [-0.4, -0.2) is 71.0 Å². The second-order valence-electron chi connectivity index (χ2n) is 6.43. The first kappa shape index (κ1) is 28.3. The highest BCUT2D eigenvalue weighted by Gasteiger charge is 2.15. The van der Waals surface area contributed by atoms with Crippen molar-refractivity contribution in [2.24, 2.45) is 9.98 Å². The lowest BCUT2D eigenvalue weighted by Gasteiger charge is -2.14. The minimum Gasteiger partial charge on any atom is -0.478 e. The Balaban J connectivity index is 0.00000240. The molecule has 0 saturated carbocycles. The van der Waals surface area contributed by atoms with Gasteiger partial charge in [0.05, 0.1) is 27.0 Å². The Kier molecular flexibility index (Phi) is 13.2. The molecule has 1 aromatic rings. The van der Waals surface area contributed by atoms with Gasteiger partial charge in [0.2, 0.25) is 0 Å². The minimum absolute atomic E-state index is 0. The van der Waals surface area contributed by atoms with Gasteiger partial charge in [0.15, 0.2) is 0 Å². The van der Waals surface area contributed by atoms with Crippen LogP contribution in [0.15, 0.2) is 50.4 Å².